The van der Waals surface area contributed by atoms with E-state index in [-0.39, 0.29) is 11.1 Å². The number of carbonyl (C=O) groups excluding carboxylic acids is 2. The molecule has 0 radical (unpaired) electrons. The van der Waals surface area contributed by atoms with Crippen LogP contribution in [-0.2, 0) is 14.3 Å². The van der Waals surface area contributed by atoms with E-state index in [9.17, 15) is 9.59 Å². The van der Waals surface area contributed by atoms with E-state index in [0.29, 0.717) is 6.29 Å². The van der Waals surface area contributed by atoms with Crippen LogP contribution in [0.2, 0.25) is 0 Å². The molecule has 0 spiro atoms. The zero-order chi connectivity index (χ0) is 9.56. The molecule has 0 aliphatic carbocycles. The number of ether oxygens (including phenoxy) is 1. The Balaban J connectivity index is 4.17. The van der Waals surface area contributed by atoms with Crippen molar-refractivity contribution in [1.82, 2.24) is 0 Å². The van der Waals surface area contributed by atoms with Crippen molar-refractivity contribution in [2.24, 2.45) is 0 Å². The fourth-order valence-electron chi connectivity index (χ4n) is 0.446. The van der Waals surface area contributed by atoms with E-state index in [1.807, 2.05) is 0 Å². The van der Waals surface area contributed by atoms with Crippen LogP contribution >= 0.6 is 0 Å². The monoisotopic (exact) mass is 166 g/mol. The van der Waals surface area contributed by atoms with Crippen molar-refractivity contribution in [3.63, 3.8) is 0 Å². The fourth-order valence-corrected chi connectivity index (χ4v) is 0.446. The van der Waals surface area contributed by atoms with Gasteiger partial charge in [-0.2, -0.15) is 0 Å². The fraction of sp³-hybridized carbons (Fsp3) is 0.111. The number of esters is 1. The lowest BCUT2D eigenvalue weighted by molar-refractivity contribution is -0.135. The molecule has 0 aliphatic heterocycles. The summed E-state index contributed by atoms with van der Waals surface area (Å²) in [6.45, 7) is 6.80. The predicted octanol–water partition coefficient (Wildman–Crippen LogP) is 1.03. The SMILES string of the molecule is C=C(C=O)/C=C\C(=C)C(=O)OC. The van der Waals surface area contributed by atoms with Crippen LogP contribution < -0.4 is 0 Å². The first kappa shape index (κ1) is 10.4. The van der Waals surface area contributed by atoms with E-state index in [1.54, 1.807) is 0 Å². The molecule has 3 nitrogen and oxygen atoms in total. The molecule has 0 saturated heterocycles. The molecule has 0 saturated carbocycles. The number of allylic oxidation sites excluding steroid dienone is 2. The lowest BCUT2D eigenvalue weighted by atomic mass is 10.2. The van der Waals surface area contributed by atoms with E-state index in [2.05, 4.69) is 17.9 Å². The van der Waals surface area contributed by atoms with E-state index in [4.69, 9.17) is 0 Å². The van der Waals surface area contributed by atoms with Crippen LogP contribution in [0.5, 0.6) is 0 Å². The van der Waals surface area contributed by atoms with Gasteiger partial charge < -0.3 is 4.74 Å². The molecular formula is C9H10O3. The first-order chi connectivity index (χ1) is 5.61. The van der Waals surface area contributed by atoms with Crippen LogP contribution in [0.25, 0.3) is 0 Å². The molecule has 3 heteroatoms. The summed E-state index contributed by atoms with van der Waals surface area (Å²) in [7, 11) is 1.26. The summed E-state index contributed by atoms with van der Waals surface area (Å²) in [5.41, 5.74) is 0.459. The third-order valence-corrected chi connectivity index (χ3v) is 1.10. The molecule has 0 aromatic carbocycles. The van der Waals surface area contributed by atoms with Crippen LogP contribution in [0.3, 0.4) is 0 Å². The van der Waals surface area contributed by atoms with Crippen LogP contribution in [0.15, 0.2) is 36.5 Å². The third kappa shape index (κ3) is 3.51. The summed E-state index contributed by atoms with van der Waals surface area (Å²) in [6, 6.07) is 0. The van der Waals surface area contributed by atoms with Gasteiger partial charge in [-0.15, -0.1) is 0 Å². The molecule has 64 valence electrons. The topological polar surface area (TPSA) is 43.4 Å². The molecule has 0 aromatic rings. The minimum absolute atomic E-state index is 0.181. The van der Waals surface area contributed by atoms with Crippen molar-refractivity contribution in [2.45, 2.75) is 0 Å². The highest BCUT2D eigenvalue weighted by Crippen LogP contribution is 1.98. The van der Waals surface area contributed by atoms with Crippen molar-refractivity contribution in [1.29, 1.82) is 0 Å². The number of carbonyl (C=O) groups is 2. The van der Waals surface area contributed by atoms with Crippen molar-refractivity contribution in [3.8, 4) is 0 Å². The summed E-state index contributed by atoms with van der Waals surface area (Å²) in [4.78, 5) is 20.8. The quantitative estimate of drug-likeness (QED) is 0.271. The first-order valence-corrected chi connectivity index (χ1v) is 3.21. The summed E-state index contributed by atoms with van der Waals surface area (Å²) >= 11 is 0. The van der Waals surface area contributed by atoms with Gasteiger partial charge in [-0.25, -0.2) is 4.79 Å². The first-order valence-electron chi connectivity index (χ1n) is 3.21. The summed E-state index contributed by atoms with van der Waals surface area (Å²) in [5.74, 6) is -0.523. The van der Waals surface area contributed by atoms with Gasteiger partial charge in [0.05, 0.1) is 12.7 Å². The van der Waals surface area contributed by atoms with Gasteiger partial charge in [-0.3, -0.25) is 4.79 Å². The minimum atomic E-state index is -0.523. The molecule has 0 atom stereocenters. The van der Waals surface area contributed by atoms with Crippen molar-refractivity contribution in [2.75, 3.05) is 7.11 Å². The largest absolute Gasteiger partial charge is 0.465 e. The molecule has 0 fully saturated rings. The maximum atomic E-state index is 10.7. The highest BCUT2D eigenvalue weighted by Gasteiger charge is 2.00. The smallest absolute Gasteiger partial charge is 0.337 e. The molecule has 0 aromatic heterocycles. The second-order valence-electron chi connectivity index (χ2n) is 2.04. The maximum absolute atomic E-state index is 10.7. The lowest BCUT2D eigenvalue weighted by Gasteiger charge is -1.95. The average Bonchev–Trinajstić information content (AvgIpc) is 2.11. The Bertz CT molecular complexity index is 248. The Morgan fingerprint density at radius 1 is 1.33 bits per heavy atom. The minimum Gasteiger partial charge on any atom is -0.465 e. The van der Waals surface area contributed by atoms with Gasteiger partial charge in [0.25, 0.3) is 0 Å². The van der Waals surface area contributed by atoms with E-state index in [0.717, 1.165) is 0 Å². The molecule has 0 bridgehead atoms. The van der Waals surface area contributed by atoms with Crippen LogP contribution in [0.1, 0.15) is 0 Å². The molecule has 0 aliphatic rings. The maximum Gasteiger partial charge on any atom is 0.337 e. The molecule has 0 unspecified atom stereocenters. The van der Waals surface area contributed by atoms with Gasteiger partial charge in [0.1, 0.15) is 6.29 Å². The van der Waals surface area contributed by atoms with Crippen molar-refractivity contribution < 1.29 is 14.3 Å². The summed E-state index contributed by atoms with van der Waals surface area (Å²) in [5, 5.41) is 0. The van der Waals surface area contributed by atoms with Crippen LogP contribution in [-0.4, -0.2) is 19.4 Å². The second kappa shape index (κ2) is 5.07. The molecule has 0 heterocycles. The zero-order valence-corrected chi connectivity index (χ0v) is 6.87. The van der Waals surface area contributed by atoms with E-state index in [1.165, 1.54) is 19.3 Å². The van der Waals surface area contributed by atoms with Crippen LogP contribution in [0, 0.1) is 0 Å². The normalized spacial score (nSPS) is 9.42. The highest BCUT2D eigenvalue weighted by atomic mass is 16.5. The average molecular weight is 166 g/mol. The van der Waals surface area contributed by atoms with Gasteiger partial charge in [0.15, 0.2) is 0 Å². The zero-order valence-electron chi connectivity index (χ0n) is 6.87. The number of hydrogen-bond donors (Lipinski definition) is 0. The molecule has 12 heavy (non-hydrogen) atoms. The Morgan fingerprint density at radius 3 is 2.33 bits per heavy atom. The van der Waals surface area contributed by atoms with Crippen molar-refractivity contribution in [3.05, 3.63) is 36.5 Å². The Kier molecular flexibility index (Phi) is 4.38. The number of rotatable bonds is 4. The third-order valence-electron chi connectivity index (χ3n) is 1.10. The second-order valence-corrected chi connectivity index (χ2v) is 2.04. The van der Waals surface area contributed by atoms with Crippen LogP contribution in [0.4, 0.5) is 0 Å². The lowest BCUT2D eigenvalue weighted by Crippen LogP contribution is -2.00. The van der Waals surface area contributed by atoms with Gasteiger partial charge in [-0.05, 0) is 6.08 Å². The van der Waals surface area contributed by atoms with Gasteiger partial charge >= 0.3 is 5.97 Å². The van der Waals surface area contributed by atoms with Gasteiger partial charge in [0.2, 0.25) is 0 Å². The highest BCUT2D eigenvalue weighted by molar-refractivity contribution is 5.91. The summed E-state index contributed by atoms with van der Waals surface area (Å²) < 4.78 is 4.37. The van der Waals surface area contributed by atoms with Gasteiger partial charge in [0, 0.05) is 5.57 Å². The van der Waals surface area contributed by atoms with E-state index < -0.39 is 5.97 Å². The number of methoxy groups -OCH3 is 1. The van der Waals surface area contributed by atoms with Gasteiger partial charge in [-0.1, -0.05) is 19.2 Å². The molecular weight excluding hydrogens is 156 g/mol. The number of hydrogen-bond acceptors (Lipinski definition) is 3. The Morgan fingerprint density at radius 2 is 1.92 bits per heavy atom. The molecule has 0 N–H and O–H groups in total. The predicted molar refractivity (Wildman–Crippen MR) is 45.5 cm³/mol. The summed E-state index contributed by atoms with van der Waals surface area (Å²) in [6.07, 6.45) is 3.36. The number of aldehydes is 1. The Labute approximate surface area is 71.0 Å². The Hall–Kier alpha value is -1.64. The molecule has 0 rings (SSSR count). The standard InChI is InChI=1S/C9H10O3/c1-7(6-10)4-5-8(2)9(11)12-3/h4-6H,1-2H2,3H3/b5-4-. The van der Waals surface area contributed by atoms with Crippen molar-refractivity contribution >= 4 is 12.3 Å². The molecule has 0 amide bonds. The van der Waals surface area contributed by atoms with E-state index >= 15 is 0 Å².